The van der Waals surface area contributed by atoms with Crippen molar-refractivity contribution in [2.45, 2.75) is 127 Å². The Kier molecular flexibility index (Phi) is 19.2. The molecule has 13 nitrogen and oxygen atoms in total. The lowest BCUT2D eigenvalue weighted by molar-refractivity contribution is -0.134. The number of benzene rings is 3. The number of nitrogens with two attached hydrogens (primary N) is 2. The summed E-state index contributed by atoms with van der Waals surface area (Å²) in [5.74, 6) is -1.43. The molecule has 0 aliphatic carbocycles. The summed E-state index contributed by atoms with van der Waals surface area (Å²) in [4.78, 5) is 65.9. The summed E-state index contributed by atoms with van der Waals surface area (Å²) in [5, 5.41) is 20.3. The number of carbonyl (C=O) groups excluding carboxylic acids is 4. The molecule has 1 saturated heterocycles. The number of hydrogen-bond acceptors (Lipinski definition) is 6. The molecule has 13 heteroatoms. The average molecular weight is 849 g/mol. The third-order valence-electron chi connectivity index (χ3n) is 11.9. The fraction of sp³-hybridized carbons (Fsp3) is 0.490. The summed E-state index contributed by atoms with van der Waals surface area (Å²) in [5.41, 5.74) is 15.0. The Labute approximate surface area is 366 Å². The van der Waals surface area contributed by atoms with Crippen LogP contribution in [0.4, 0.5) is 0 Å². The number of nitrogens with zero attached hydrogens (tertiary/aromatic N) is 2. The van der Waals surface area contributed by atoms with Gasteiger partial charge in [0.05, 0.1) is 6.04 Å². The molecule has 62 heavy (non-hydrogen) atoms. The summed E-state index contributed by atoms with van der Waals surface area (Å²) in [6, 6.07) is 21.9. The summed E-state index contributed by atoms with van der Waals surface area (Å²) >= 11 is 0. The third-order valence-corrected chi connectivity index (χ3v) is 11.9. The lowest BCUT2D eigenvalue weighted by Gasteiger charge is -2.29. The number of aromatic hydroxyl groups is 1. The van der Waals surface area contributed by atoms with Gasteiger partial charge in [0, 0.05) is 56.0 Å². The molecule has 4 aromatic rings. The van der Waals surface area contributed by atoms with Crippen molar-refractivity contribution in [1.82, 2.24) is 25.8 Å². The number of aromatic amines is 1. The predicted octanol–water partition coefficient (Wildman–Crippen LogP) is 6.18. The number of phenols is 1. The number of H-pyrrole nitrogens is 1. The SMILES string of the molecule is CN1CC(Cc2c[nH]c3ccccc23)NC(=O)C(CCCN=C(N)N)NC(=O)C(Cc2ccccc2)NC(=O)C(Cc2ccc(O)cc2)CCCCCCCCCCCCC1=O. The number of amides is 4. The van der Waals surface area contributed by atoms with E-state index in [0.717, 1.165) is 91.8 Å². The highest BCUT2D eigenvalue weighted by Crippen LogP contribution is 2.22. The monoisotopic (exact) mass is 849 g/mol. The fourth-order valence-electron chi connectivity index (χ4n) is 8.37. The molecule has 4 amide bonds. The van der Waals surface area contributed by atoms with Gasteiger partial charge < -0.3 is 42.4 Å². The van der Waals surface area contributed by atoms with Crippen LogP contribution in [0, 0.1) is 5.92 Å². The van der Waals surface area contributed by atoms with Gasteiger partial charge in [-0.3, -0.25) is 24.2 Å². The molecular formula is C49H68N8O5. The van der Waals surface area contributed by atoms with Gasteiger partial charge in [-0.15, -0.1) is 0 Å². The number of carbonyl (C=O) groups is 4. The first kappa shape index (κ1) is 47.2. The number of aromatic nitrogens is 1. The molecule has 5 rings (SSSR count). The minimum atomic E-state index is -0.999. The van der Waals surface area contributed by atoms with Crippen LogP contribution in [0.2, 0.25) is 0 Å². The zero-order chi connectivity index (χ0) is 44.1. The van der Waals surface area contributed by atoms with Gasteiger partial charge in [-0.1, -0.05) is 118 Å². The van der Waals surface area contributed by atoms with E-state index < -0.39 is 35.9 Å². The maximum atomic E-state index is 14.5. The molecule has 1 aliphatic heterocycles. The first-order chi connectivity index (χ1) is 30.0. The molecule has 334 valence electrons. The zero-order valence-corrected chi connectivity index (χ0v) is 36.5. The topological polar surface area (TPSA) is 208 Å². The second-order valence-corrected chi connectivity index (χ2v) is 16.9. The van der Waals surface area contributed by atoms with E-state index in [9.17, 15) is 24.3 Å². The molecule has 1 fully saturated rings. The Morgan fingerprint density at radius 2 is 1.31 bits per heavy atom. The number of fused-ring (bicyclic) bond motifs is 1. The van der Waals surface area contributed by atoms with Crippen molar-refractivity contribution >= 4 is 40.5 Å². The number of para-hydroxylation sites is 1. The van der Waals surface area contributed by atoms with Crippen LogP contribution in [0.25, 0.3) is 10.9 Å². The summed E-state index contributed by atoms with van der Waals surface area (Å²) in [6.07, 6.45) is 15.2. The van der Waals surface area contributed by atoms with Gasteiger partial charge in [0.25, 0.3) is 0 Å². The van der Waals surface area contributed by atoms with Crippen LogP contribution in [0.5, 0.6) is 5.75 Å². The van der Waals surface area contributed by atoms with E-state index >= 15 is 0 Å². The molecule has 1 aliphatic rings. The van der Waals surface area contributed by atoms with Gasteiger partial charge in [0.15, 0.2) is 5.96 Å². The highest BCUT2D eigenvalue weighted by Gasteiger charge is 2.31. The van der Waals surface area contributed by atoms with E-state index in [4.69, 9.17) is 11.5 Å². The van der Waals surface area contributed by atoms with E-state index in [2.05, 4.69) is 25.9 Å². The maximum absolute atomic E-state index is 14.5. The molecule has 2 heterocycles. The molecule has 3 aromatic carbocycles. The number of aliphatic imine (C=N–C) groups is 1. The van der Waals surface area contributed by atoms with E-state index in [1.54, 1.807) is 24.1 Å². The first-order valence-corrected chi connectivity index (χ1v) is 22.6. The molecule has 4 atom stereocenters. The van der Waals surface area contributed by atoms with Crippen molar-refractivity contribution in [2.24, 2.45) is 22.4 Å². The molecule has 0 spiro atoms. The van der Waals surface area contributed by atoms with Crippen molar-refractivity contribution in [3.8, 4) is 5.75 Å². The quantitative estimate of drug-likeness (QED) is 0.0560. The minimum absolute atomic E-state index is 0.0268. The van der Waals surface area contributed by atoms with Crippen LogP contribution >= 0.6 is 0 Å². The molecule has 0 bridgehead atoms. The number of likely N-dealkylation sites (N-methyl/N-ethyl adjacent to an activating group) is 1. The zero-order valence-electron chi connectivity index (χ0n) is 36.5. The molecule has 1 aromatic heterocycles. The summed E-state index contributed by atoms with van der Waals surface area (Å²) in [7, 11) is 1.78. The number of hydrogen-bond donors (Lipinski definition) is 7. The molecule has 0 saturated carbocycles. The normalized spacial score (nSPS) is 21.2. The van der Waals surface area contributed by atoms with E-state index in [1.165, 1.54) is 0 Å². The maximum Gasteiger partial charge on any atom is 0.243 e. The fourth-order valence-corrected chi connectivity index (χ4v) is 8.37. The first-order valence-electron chi connectivity index (χ1n) is 22.6. The van der Waals surface area contributed by atoms with Crippen LogP contribution < -0.4 is 27.4 Å². The largest absolute Gasteiger partial charge is 0.508 e. The van der Waals surface area contributed by atoms with Crippen LogP contribution in [-0.2, 0) is 38.4 Å². The number of phenolic OH excluding ortho intramolecular Hbond substituents is 1. The van der Waals surface area contributed by atoms with Crippen LogP contribution in [0.3, 0.4) is 0 Å². The van der Waals surface area contributed by atoms with Gasteiger partial charge in [-0.25, -0.2) is 0 Å². The minimum Gasteiger partial charge on any atom is -0.508 e. The predicted molar refractivity (Wildman–Crippen MR) is 246 cm³/mol. The smallest absolute Gasteiger partial charge is 0.243 e. The highest BCUT2D eigenvalue weighted by atomic mass is 16.3. The lowest BCUT2D eigenvalue weighted by Crippen LogP contribution is -2.57. The van der Waals surface area contributed by atoms with Crippen LogP contribution in [0.15, 0.2) is 90.1 Å². The Morgan fingerprint density at radius 1 is 0.694 bits per heavy atom. The second kappa shape index (κ2) is 25.2. The van der Waals surface area contributed by atoms with Gasteiger partial charge in [0.1, 0.15) is 17.8 Å². The van der Waals surface area contributed by atoms with Crippen molar-refractivity contribution in [1.29, 1.82) is 0 Å². The van der Waals surface area contributed by atoms with Gasteiger partial charge in [-0.2, -0.15) is 0 Å². The molecular weight excluding hydrogens is 781 g/mol. The van der Waals surface area contributed by atoms with Crippen molar-refractivity contribution < 1.29 is 24.3 Å². The second-order valence-electron chi connectivity index (χ2n) is 16.9. The summed E-state index contributed by atoms with van der Waals surface area (Å²) < 4.78 is 0. The lowest BCUT2D eigenvalue weighted by atomic mass is 9.91. The van der Waals surface area contributed by atoms with Crippen LogP contribution in [0.1, 0.15) is 107 Å². The molecule has 9 N–H and O–H groups in total. The summed E-state index contributed by atoms with van der Waals surface area (Å²) in [6.45, 7) is 0.523. The Bertz CT molecular complexity index is 2030. The van der Waals surface area contributed by atoms with E-state index in [-0.39, 0.29) is 49.5 Å². The number of nitrogens with one attached hydrogen (secondary N) is 4. The van der Waals surface area contributed by atoms with Crippen molar-refractivity contribution in [3.05, 3.63) is 102 Å². The average Bonchev–Trinajstić information content (AvgIpc) is 3.67. The van der Waals surface area contributed by atoms with Crippen molar-refractivity contribution in [2.75, 3.05) is 20.1 Å². The van der Waals surface area contributed by atoms with Crippen molar-refractivity contribution in [3.63, 3.8) is 0 Å². The Hall–Kier alpha value is -5.85. The van der Waals surface area contributed by atoms with Gasteiger partial charge in [0.2, 0.25) is 23.6 Å². The number of guanidine groups is 1. The van der Waals surface area contributed by atoms with Gasteiger partial charge in [-0.05, 0) is 73.4 Å². The molecule has 0 radical (unpaired) electrons. The molecule has 4 unspecified atom stereocenters. The van der Waals surface area contributed by atoms with E-state index in [1.807, 2.05) is 72.9 Å². The van der Waals surface area contributed by atoms with Crippen LogP contribution in [-0.4, -0.2) is 82.8 Å². The highest BCUT2D eigenvalue weighted by molar-refractivity contribution is 5.93. The Balaban J connectivity index is 1.44. The Morgan fingerprint density at radius 3 is 2.02 bits per heavy atom. The third kappa shape index (κ3) is 15.9. The standard InChI is InChI=1S/C49H68N8O5/c1-57-34-39(32-38-33-53-42-22-16-15-21-41(38)42)54-47(61)43(23-17-29-52-49(50)51)55-48(62)44(31-35-18-11-10-12-19-35)56-46(60)37(30-36-25-27-40(58)28-26-36)20-13-8-6-4-2-3-5-7-9-14-24-45(57)59/h10-12,15-16,18-19,21-22,25-28,33,37,39,43-44,53,58H,2-9,13-14,17,20,23-24,29-32,34H2,1H3,(H,54,61)(H,55,62)(H,56,60)(H4,50,51,52). The number of rotatable bonds is 10. The van der Waals surface area contributed by atoms with Gasteiger partial charge >= 0.3 is 0 Å². The van der Waals surface area contributed by atoms with E-state index in [0.29, 0.717) is 32.1 Å².